The van der Waals surface area contributed by atoms with E-state index in [1.807, 2.05) is 36.4 Å². The van der Waals surface area contributed by atoms with Crippen LogP contribution >= 0.6 is 0 Å². The Morgan fingerprint density at radius 3 is 2.15 bits per heavy atom. The van der Waals surface area contributed by atoms with Gasteiger partial charge in [-0.1, -0.05) is 54.6 Å². The average molecular weight is 340 g/mol. The molecule has 0 aromatic heterocycles. The molecule has 4 heteroatoms. The number of aromatic hydroxyl groups is 1. The van der Waals surface area contributed by atoms with E-state index < -0.39 is 0 Å². The summed E-state index contributed by atoms with van der Waals surface area (Å²) in [6.45, 7) is 0. The van der Waals surface area contributed by atoms with Crippen molar-refractivity contribution in [1.29, 1.82) is 0 Å². The van der Waals surface area contributed by atoms with Crippen LogP contribution in [0.2, 0.25) is 0 Å². The van der Waals surface area contributed by atoms with Gasteiger partial charge in [0, 0.05) is 11.1 Å². The van der Waals surface area contributed by atoms with E-state index in [1.165, 1.54) is 12.1 Å². The van der Waals surface area contributed by atoms with Crippen molar-refractivity contribution in [3.05, 3.63) is 90.0 Å². The molecule has 0 radical (unpaired) electrons. The molecule has 0 saturated carbocycles. The number of carbonyl (C=O) groups excluding carboxylic acids is 1. The molecule has 4 nitrogen and oxygen atoms in total. The van der Waals surface area contributed by atoms with Crippen molar-refractivity contribution in [1.82, 2.24) is 5.43 Å². The zero-order valence-electron chi connectivity index (χ0n) is 13.9. The van der Waals surface area contributed by atoms with Gasteiger partial charge >= 0.3 is 0 Å². The summed E-state index contributed by atoms with van der Waals surface area (Å²) < 4.78 is 0. The lowest BCUT2D eigenvalue weighted by molar-refractivity contribution is 0.0954. The summed E-state index contributed by atoms with van der Waals surface area (Å²) in [5.74, 6) is -0.330. The predicted molar refractivity (Wildman–Crippen MR) is 105 cm³/mol. The number of hydrogen-bond acceptors (Lipinski definition) is 3. The first-order valence-electron chi connectivity index (χ1n) is 8.25. The molecule has 0 aliphatic heterocycles. The lowest BCUT2D eigenvalue weighted by Crippen LogP contribution is -2.17. The number of nitrogens with zero attached hydrogens (tertiary/aromatic N) is 1. The quantitative estimate of drug-likeness (QED) is 0.328. The van der Waals surface area contributed by atoms with Crippen LogP contribution in [0.3, 0.4) is 0 Å². The number of amides is 1. The van der Waals surface area contributed by atoms with Crippen molar-refractivity contribution in [2.24, 2.45) is 5.10 Å². The first-order valence-corrected chi connectivity index (χ1v) is 8.25. The number of hydrogen-bond donors (Lipinski definition) is 2. The number of rotatable bonds is 3. The second-order valence-electron chi connectivity index (χ2n) is 5.98. The Balaban J connectivity index is 1.71. The van der Waals surface area contributed by atoms with Crippen molar-refractivity contribution in [2.75, 3.05) is 0 Å². The monoisotopic (exact) mass is 340 g/mol. The van der Waals surface area contributed by atoms with Crippen LogP contribution in [0.4, 0.5) is 0 Å². The average Bonchev–Trinajstić information content (AvgIpc) is 2.67. The van der Waals surface area contributed by atoms with E-state index in [2.05, 4.69) is 28.7 Å². The molecular weight excluding hydrogens is 324 g/mol. The number of hydrazone groups is 1. The molecule has 2 N–H and O–H groups in total. The first-order chi connectivity index (χ1) is 12.7. The number of carbonyl (C=O) groups is 1. The van der Waals surface area contributed by atoms with E-state index in [9.17, 15) is 9.90 Å². The molecule has 4 rings (SSSR count). The summed E-state index contributed by atoms with van der Waals surface area (Å²) in [6, 6.07) is 24.5. The molecule has 0 fully saturated rings. The van der Waals surface area contributed by atoms with E-state index in [4.69, 9.17) is 0 Å². The van der Waals surface area contributed by atoms with Gasteiger partial charge in [0.25, 0.3) is 5.91 Å². The van der Waals surface area contributed by atoms with Crippen LogP contribution in [0, 0.1) is 0 Å². The number of phenols is 1. The minimum Gasteiger partial charge on any atom is -0.508 e. The van der Waals surface area contributed by atoms with E-state index in [0.717, 1.165) is 27.1 Å². The van der Waals surface area contributed by atoms with Crippen LogP contribution in [-0.2, 0) is 0 Å². The third kappa shape index (κ3) is 3.00. The van der Waals surface area contributed by atoms with Crippen LogP contribution < -0.4 is 5.43 Å². The predicted octanol–water partition coefficient (Wildman–Crippen LogP) is 4.46. The highest BCUT2D eigenvalue weighted by molar-refractivity contribution is 6.13. The summed E-state index contributed by atoms with van der Waals surface area (Å²) >= 11 is 0. The molecule has 4 aromatic carbocycles. The lowest BCUT2D eigenvalue weighted by Gasteiger charge is -2.08. The van der Waals surface area contributed by atoms with Gasteiger partial charge < -0.3 is 5.11 Å². The van der Waals surface area contributed by atoms with Gasteiger partial charge in [-0.05, 0) is 45.8 Å². The molecule has 126 valence electrons. The normalized spacial score (nSPS) is 11.2. The molecule has 0 bridgehead atoms. The second kappa shape index (κ2) is 6.69. The highest BCUT2D eigenvalue weighted by Crippen LogP contribution is 2.27. The number of benzene rings is 4. The van der Waals surface area contributed by atoms with Crippen molar-refractivity contribution in [3.63, 3.8) is 0 Å². The molecule has 0 unspecified atom stereocenters. The zero-order chi connectivity index (χ0) is 17.9. The molecule has 1 amide bonds. The Morgan fingerprint density at radius 1 is 0.846 bits per heavy atom. The maximum Gasteiger partial charge on any atom is 0.271 e. The Hall–Kier alpha value is -3.66. The zero-order valence-corrected chi connectivity index (χ0v) is 13.9. The van der Waals surface area contributed by atoms with Gasteiger partial charge in [-0.25, -0.2) is 5.43 Å². The molecule has 0 spiro atoms. The molecule has 0 aliphatic carbocycles. The van der Waals surface area contributed by atoms with Crippen LogP contribution in [0.25, 0.3) is 21.5 Å². The second-order valence-corrected chi connectivity index (χ2v) is 5.98. The SMILES string of the molecule is O=C(NN=Cc1c2ccccc2cc2ccccc12)c1cccc(O)c1. The Morgan fingerprint density at radius 2 is 1.50 bits per heavy atom. The summed E-state index contributed by atoms with van der Waals surface area (Å²) in [5.41, 5.74) is 3.83. The maximum absolute atomic E-state index is 12.2. The van der Waals surface area contributed by atoms with E-state index in [0.29, 0.717) is 5.56 Å². The molecule has 4 aromatic rings. The van der Waals surface area contributed by atoms with Gasteiger partial charge in [-0.2, -0.15) is 5.10 Å². The molecule has 0 atom stereocenters. The fourth-order valence-electron chi connectivity index (χ4n) is 3.06. The first kappa shape index (κ1) is 15.8. The van der Waals surface area contributed by atoms with E-state index >= 15 is 0 Å². The lowest BCUT2D eigenvalue weighted by atomic mass is 9.97. The molecule has 26 heavy (non-hydrogen) atoms. The van der Waals surface area contributed by atoms with Gasteiger partial charge in [-0.15, -0.1) is 0 Å². The van der Waals surface area contributed by atoms with Gasteiger partial charge in [0.05, 0.1) is 6.21 Å². The largest absolute Gasteiger partial charge is 0.508 e. The summed E-state index contributed by atoms with van der Waals surface area (Å²) in [7, 11) is 0. The van der Waals surface area contributed by atoms with Crippen LogP contribution in [-0.4, -0.2) is 17.2 Å². The van der Waals surface area contributed by atoms with Crippen molar-refractivity contribution in [3.8, 4) is 5.75 Å². The summed E-state index contributed by atoms with van der Waals surface area (Å²) in [6.07, 6.45) is 1.67. The van der Waals surface area contributed by atoms with E-state index in [1.54, 1.807) is 18.3 Å². The van der Waals surface area contributed by atoms with Crippen molar-refractivity contribution >= 4 is 33.7 Å². The van der Waals surface area contributed by atoms with E-state index in [-0.39, 0.29) is 11.7 Å². The molecule has 0 saturated heterocycles. The van der Waals surface area contributed by atoms with Gasteiger partial charge in [-0.3, -0.25) is 4.79 Å². The highest BCUT2D eigenvalue weighted by Gasteiger charge is 2.07. The van der Waals surface area contributed by atoms with Crippen LogP contribution in [0.5, 0.6) is 5.75 Å². The minimum atomic E-state index is -0.373. The number of nitrogens with one attached hydrogen (secondary N) is 1. The molecule has 0 aliphatic rings. The maximum atomic E-state index is 12.2. The van der Waals surface area contributed by atoms with Crippen LogP contribution in [0.15, 0.2) is 84.0 Å². The smallest absolute Gasteiger partial charge is 0.271 e. The van der Waals surface area contributed by atoms with Gasteiger partial charge in [0.2, 0.25) is 0 Å². The summed E-state index contributed by atoms with van der Waals surface area (Å²) in [5, 5.41) is 18.0. The Labute approximate surface area is 150 Å². The van der Waals surface area contributed by atoms with Crippen molar-refractivity contribution in [2.45, 2.75) is 0 Å². The van der Waals surface area contributed by atoms with Crippen LogP contribution in [0.1, 0.15) is 15.9 Å². The van der Waals surface area contributed by atoms with Crippen molar-refractivity contribution < 1.29 is 9.90 Å². The third-order valence-corrected chi connectivity index (χ3v) is 4.28. The highest BCUT2D eigenvalue weighted by atomic mass is 16.3. The number of phenolic OH excluding ortho intramolecular Hbond substituents is 1. The fraction of sp³-hybridized carbons (Fsp3) is 0. The number of fused-ring (bicyclic) bond motifs is 2. The molecular formula is C22H16N2O2. The standard InChI is InChI=1S/C22H16N2O2/c25-18-9-5-8-17(13-18)22(26)24-23-14-21-19-10-3-1-6-15(19)12-16-7-2-4-11-20(16)21/h1-14,25H,(H,24,26). The Kier molecular flexibility index (Phi) is 4.07. The van der Waals surface area contributed by atoms with Gasteiger partial charge in [0.15, 0.2) is 0 Å². The fourth-order valence-corrected chi connectivity index (χ4v) is 3.06. The molecule has 0 heterocycles. The minimum absolute atomic E-state index is 0.0432. The van der Waals surface area contributed by atoms with Gasteiger partial charge in [0.1, 0.15) is 5.75 Å². The topological polar surface area (TPSA) is 61.7 Å². The summed E-state index contributed by atoms with van der Waals surface area (Å²) in [4.78, 5) is 12.2. The Bertz CT molecular complexity index is 1100. The third-order valence-electron chi connectivity index (χ3n) is 4.28.